The minimum Gasteiger partial charge on any atom is -0.333 e. The molecular formula is C18H21N5O. The fourth-order valence-corrected chi connectivity index (χ4v) is 3.20. The largest absolute Gasteiger partial charge is 0.333 e. The van der Waals surface area contributed by atoms with Crippen LogP contribution in [0.15, 0.2) is 36.7 Å². The molecule has 0 spiro atoms. The van der Waals surface area contributed by atoms with Crippen LogP contribution in [0.2, 0.25) is 0 Å². The summed E-state index contributed by atoms with van der Waals surface area (Å²) < 4.78 is 2.14. The molecule has 124 valence electrons. The predicted molar refractivity (Wildman–Crippen MR) is 90.2 cm³/mol. The Balaban J connectivity index is 1.84. The Labute approximate surface area is 141 Å². The number of fused-ring (bicyclic) bond motifs is 1. The molecule has 0 saturated heterocycles. The summed E-state index contributed by atoms with van der Waals surface area (Å²) in [6.07, 6.45) is 3.77. The van der Waals surface area contributed by atoms with Crippen molar-refractivity contribution in [2.75, 3.05) is 27.2 Å². The molecule has 6 heteroatoms. The maximum absolute atomic E-state index is 12.9. The van der Waals surface area contributed by atoms with E-state index in [0.717, 1.165) is 18.9 Å². The van der Waals surface area contributed by atoms with Crippen LogP contribution in [-0.4, -0.2) is 52.4 Å². The molecule has 0 saturated carbocycles. The summed E-state index contributed by atoms with van der Waals surface area (Å²) in [5.41, 5.74) is 1.17. The van der Waals surface area contributed by atoms with Crippen molar-refractivity contribution in [3.8, 4) is 6.07 Å². The second-order valence-corrected chi connectivity index (χ2v) is 6.50. The van der Waals surface area contributed by atoms with Crippen LogP contribution >= 0.6 is 0 Å². The van der Waals surface area contributed by atoms with E-state index in [1.807, 2.05) is 25.2 Å². The number of nitriles is 1. The Bertz CT molecular complexity index is 756. The van der Waals surface area contributed by atoms with Crippen molar-refractivity contribution in [1.29, 1.82) is 5.26 Å². The van der Waals surface area contributed by atoms with Crippen LogP contribution in [0.25, 0.3) is 0 Å². The SMILES string of the molecule is CN(C)CC1CN(C(=O)c2ccc(C#N)cc2)Cc2nccn2C1. The van der Waals surface area contributed by atoms with Crippen molar-refractivity contribution < 1.29 is 4.79 Å². The van der Waals surface area contributed by atoms with Crippen molar-refractivity contribution in [3.63, 3.8) is 0 Å². The molecule has 3 rings (SSSR count). The summed E-state index contributed by atoms with van der Waals surface area (Å²) >= 11 is 0. The fourth-order valence-electron chi connectivity index (χ4n) is 3.20. The van der Waals surface area contributed by atoms with Crippen LogP contribution in [-0.2, 0) is 13.1 Å². The Hall–Kier alpha value is -2.65. The number of aromatic nitrogens is 2. The molecule has 2 aromatic rings. The summed E-state index contributed by atoms with van der Waals surface area (Å²) in [6.45, 7) is 2.98. The van der Waals surface area contributed by atoms with Crippen LogP contribution in [0.5, 0.6) is 0 Å². The molecule has 1 aliphatic rings. The van der Waals surface area contributed by atoms with Gasteiger partial charge < -0.3 is 14.4 Å². The highest BCUT2D eigenvalue weighted by Gasteiger charge is 2.26. The number of hydrogen-bond acceptors (Lipinski definition) is 4. The summed E-state index contributed by atoms with van der Waals surface area (Å²) in [4.78, 5) is 21.3. The highest BCUT2D eigenvalue weighted by Crippen LogP contribution is 2.18. The molecule has 2 heterocycles. The van der Waals surface area contributed by atoms with Gasteiger partial charge in [0.15, 0.2) is 0 Å². The minimum absolute atomic E-state index is 0.0142. The third kappa shape index (κ3) is 3.47. The standard InChI is InChI=1S/C18H21N5O/c1-21(2)10-15-11-22-8-7-20-17(22)13-23(12-15)18(24)16-5-3-14(9-19)4-6-16/h3-8,15H,10-13H2,1-2H3. The van der Waals surface area contributed by atoms with Gasteiger partial charge in [-0.3, -0.25) is 4.79 Å². The number of amides is 1. The summed E-state index contributed by atoms with van der Waals surface area (Å²) in [7, 11) is 4.10. The van der Waals surface area contributed by atoms with Gasteiger partial charge in [0.2, 0.25) is 0 Å². The van der Waals surface area contributed by atoms with Crippen LogP contribution in [0.1, 0.15) is 21.7 Å². The first-order valence-electron chi connectivity index (χ1n) is 8.01. The molecule has 1 atom stereocenters. The zero-order chi connectivity index (χ0) is 17.1. The summed E-state index contributed by atoms with van der Waals surface area (Å²) in [5, 5.41) is 8.90. The van der Waals surface area contributed by atoms with E-state index in [9.17, 15) is 4.79 Å². The lowest BCUT2D eigenvalue weighted by Gasteiger charge is -2.26. The highest BCUT2D eigenvalue weighted by molar-refractivity contribution is 5.94. The third-order valence-electron chi connectivity index (χ3n) is 4.24. The Kier molecular flexibility index (Phi) is 4.63. The second-order valence-electron chi connectivity index (χ2n) is 6.50. The predicted octanol–water partition coefficient (Wildman–Crippen LogP) is 1.59. The van der Waals surface area contributed by atoms with E-state index in [4.69, 9.17) is 5.26 Å². The smallest absolute Gasteiger partial charge is 0.254 e. The highest BCUT2D eigenvalue weighted by atomic mass is 16.2. The molecule has 0 fully saturated rings. The lowest BCUT2D eigenvalue weighted by atomic mass is 10.1. The molecule has 1 aromatic carbocycles. The Morgan fingerprint density at radius 3 is 2.75 bits per heavy atom. The van der Waals surface area contributed by atoms with Crippen LogP contribution < -0.4 is 0 Å². The molecule has 0 radical (unpaired) electrons. The van der Waals surface area contributed by atoms with Crippen molar-refractivity contribution >= 4 is 5.91 Å². The van der Waals surface area contributed by atoms with Gasteiger partial charge in [0.1, 0.15) is 5.82 Å². The normalized spacial score (nSPS) is 17.2. The molecule has 1 unspecified atom stereocenters. The third-order valence-corrected chi connectivity index (χ3v) is 4.24. The second kappa shape index (κ2) is 6.85. The maximum Gasteiger partial charge on any atom is 0.254 e. The van der Waals surface area contributed by atoms with Crippen LogP contribution in [0.4, 0.5) is 0 Å². The average molecular weight is 323 g/mol. The topological polar surface area (TPSA) is 65.2 Å². The van der Waals surface area contributed by atoms with Gasteiger partial charge in [-0.1, -0.05) is 0 Å². The van der Waals surface area contributed by atoms with Crippen molar-refractivity contribution in [1.82, 2.24) is 19.4 Å². The molecule has 1 amide bonds. The van der Waals surface area contributed by atoms with E-state index in [0.29, 0.717) is 30.1 Å². The number of imidazole rings is 1. The molecule has 0 bridgehead atoms. The van der Waals surface area contributed by atoms with Gasteiger partial charge in [0.25, 0.3) is 5.91 Å². The number of hydrogen-bond donors (Lipinski definition) is 0. The molecular weight excluding hydrogens is 302 g/mol. The Morgan fingerprint density at radius 2 is 2.08 bits per heavy atom. The quantitative estimate of drug-likeness (QED) is 0.860. The Morgan fingerprint density at radius 1 is 1.33 bits per heavy atom. The van der Waals surface area contributed by atoms with E-state index in [2.05, 4.69) is 20.5 Å². The molecule has 0 aliphatic carbocycles. The van der Waals surface area contributed by atoms with E-state index in [1.165, 1.54) is 0 Å². The number of benzene rings is 1. The van der Waals surface area contributed by atoms with Gasteiger partial charge in [-0.25, -0.2) is 4.98 Å². The van der Waals surface area contributed by atoms with Gasteiger partial charge in [0.05, 0.1) is 18.2 Å². The molecule has 6 nitrogen and oxygen atoms in total. The van der Waals surface area contributed by atoms with E-state index in [-0.39, 0.29) is 5.91 Å². The molecule has 1 aliphatic heterocycles. The van der Waals surface area contributed by atoms with E-state index < -0.39 is 0 Å². The lowest BCUT2D eigenvalue weighted by Crippen LogP contribution is -2.37. The maximum atomic E-state index is 12.9. The number of carbonyl (C=O) groups is 1. The average Bonchev–Trinajstić information content (AvgIpc) is 2.92. The van der Waals surface area contributed by atoms with E-state index in [1.54, 1.807) is 30.5 Å². The molecule has 24 heavy (non-hydrogen) atoms. The van der Waals surface area contributed by atoms with Crippen molar-refractivity contribution in [2.45, 2.75) is 13.1 Å². The molecule has 1 aromatic heterocycles. The summed E-state index contributed by atoms with van der Waals surface area (Å²) in [5.74, 6) is 1.25. The van der Waals surface area contributed by atoms with Crippen molar-refractivity contribution in [2.24, 2.45) is 5.92 Å². The monoisotopic (exact) mass is 323 g/mol. The first kappa shape index (κ1) is 16.2. The van der Waals surface area contributed by atoms with Gasteiger partial charge in [0, 0.05) is 43.5 Å². The van der Waals surface area contributed by atoms with E-state index >= 15 is 0 Å². The lowest BCUT2D eigenvalue weighted by molar-refractivity contribution is 0.0710. The number of nitrogens with zero attached hydrogens (tertiary/aromatic N) is 5. The minimum atomic E-state index is -0.0142. The number of rotatable bonds is 3. The first-order valence-corrected chi connectivity index (χ1v) is 8.01. The zero-order valence-corrected chi connectivity index (χ0v) is 14.0. The number of carbonyl (C=O) groups excluding carboxylic acids is 1. The van der Waals surface area contributed by atoms with Gasteiger partial charge in [-0.2, -0.15) is 5.26 Å². The van der Waals surface area contributed by atoms with Gasteiger partial charge >= 0.3 is 0 Å². The van der Waals surface area contributed by atoms with Crippen molar-refractivity contribution in [3.05, 3.63) is 53.6 Å². The zero-order valence-electron chi connectivity index (χ0n) is 14.0. The first-order chi connectivity index (χ1) is 11.6. The van der Waals surface area contributed by atoms with Crippen LogP contribution in [0.3, 0.4) is 0 Å². The van der Waals surface area contributed by atoms with Gasteiger partial charge in [-0.05, 0) is 38.4 Å². The molecule has 0 N–H and O–H groups in total. The fraction of sp³-hybridized carbons (Fsp3) is 0.389. The summed E-state index contributed by atoms with van der Waals surface area (Å²) in [6, 6.07) is 8.89. The van der Waals surface area contributed by atoms with Gasteiger partial charge in [-0.15, -0.1) is 0 Å². The van der Waals surface area contributed by atoms with Crippen LogP contribution in [0, 0.1) is 17.2 Å².